The summed E-state index contributed by atoms with van der Waals surface area (Å²) >= 11 is 0. The van der Waals surface area contributed by atoms with Crippen LogP contribution in [0.1, 0.15) is 41.5 Å². The topological polar surface area (TPSA) is 104 Å². The third kappa shape index (κ3) is 8.74. The van der Waals surface area contributed by atoms with Gasteiger partial charge in [0, 0.05) is 49.7 Å². The number of likely N-dealkylation sites (tertiary alicyclic amines) is 1. The summed E-state index contributed by atoms with van der Waals surface area (Å²) in [4.78, 5) is 18.0. The van der Waals surface area contributed by atoms with E-state index in [4.69, 9.17) is 15.9 Å². The number of ether oxygens (including phenoxy) is 1. The van der Waals surface area contributed by atoms with E-state index >= 15 is 0 Å². The number of hydrogen-bond acceptors (Lipinski definition) is 6. The lowest BCUT2D eigenvalue weighted by atomic mass is 9.87. The van der Waals surface area contributed by atoms with E-state index < -0.39 is 18.6 Å². The maximum Gasteiger partial charge on any atom is 0.393 e. The van der Waals surface area contributed by atoms with Gasteiger partial charge in [0.25, 0.3) is 0 Å². The van der Waals surface area contributed by atoms with Gasteiger partial charge in [0.15, 0.2) is 0 Å². The van der Waals surface area contributed by atoms with Crippen LogP contribution in [0.2, 0.25) is 0 Å². The molecule has 4 rings (SSSR count). The van der Waals surface area contributed by atoms with Gasteiger partial charge in [-0.05, 0) is 59.9 Å². The summed E-state index contributed by atoms with van der Waals surface area (Å²) in [6.07, 6.45) is 0.465. The first kappa shape index (κ1) is 31.4. The van der Waals surface area contributed by atoms with Gasteiger partial charge < -0.3 is 15.8 Å². The van der Waals surface area contributed by atoms with Crippen molar-refractivity contribution in [2.24, 2.45) is 0 Å². The Morgan fingerprint density at radius 1 is 1.14 bits per heavy atom. The normalized spacial score (nSPS) is 16.5. The molecule has 1 saturated heterocycles. The van der Waals surface area contributed by atoms with E-state index in [1.54, 1.807) is 55.6 Å². The van der Waals surface area contributed by atoms with Crippen molar-refractivity contribution in [1.82, 2.24) is 15.2 Å². The molecular formula is C32H33F4N5O2. The lowest BCUT2D eigenvalue weighted by Crippen LogP contribution is -2.41. The van der Waals surface area contributed by atoms with Crippen LogP contribution < -0.4 is 15.8 Å². The molecule has 1 aliphatic heterocycles. The lowest BCUT2D eigenvalue weighted by Gasteiger charge is -2.31. The molecule has 3 aromatic rings. The van der Waals surface area contributed by atoms with Gasteiger partial charge in [-0.25, -0.2) is 4.98 Å². The molecule has 2 heterocycles. The minimum Gasteiger partial charge on any atom is -0.473 e. The Hall–Kier alpha value is -4.51. The van der Waals surface area contributed by atoms with E-state index in [-0.39, 0.29) is 40.0 Å². The molecule has 0 saturated carbocycles. The van der Waals surface area contributed by atoms with E-state index in [9.17, 15) is 22.4 Å². The van der Waals surface area contributed by atoms with Crippen LogP contribution in [0.4, 0.5) is 23.2 Å². The Balaban J connectivity index is 1.68. The average molecular weight is 596 g/mol. The third-order valence-corrected chi connectivity index (χ3v) is 7.03. The van der Waals surface area contributed by atoms with Gasteiger partial charge in [-0.2, -0.15) is 17.6 Å². The van der Waals surface area contributed by atoms with E-state index in [0.29, 0.717) is 30.1 Å². The predicted octanol–water partition coefficient (Wildman–Crippen LogP) is 6.02. The van der Waals surface area contributed by atoms with E-state index in [2.05, 4.69) is 15.2 Å². The van der Waals surface area contributed by atoms with Crippen molar-refractivity contribution in [2.45, 2.75) is 31.5 Å². The summed E-state index contributed by atoms with van der Waals surface area (Å²) in [7, 11) is 1.57. The number of halogens is 4. The van der Waals surface area contributed by atoms with Crippen LogP contribution in [0, 0.1) is 5.41 Å². The minimum atomic E-state index is -4.54. The van der Waals surface area contributed by atoms with Crippen molar-refractivity contribution < 1.29 is 27.1 Å². The molecule has 1 aromatic heterocycles. The number of nitrogens with zero attached hydrogens (tertiary/aromatic N) is 2. The first-order chi connectivity index (χ1) is 20.5. The number of pyridine rings is 1. The van der Waals surface area contributed by atoms with Crippen molar-refractivity contribution in [1.29, 1.82) is 5.41 Å². The highest BCUT2D eigenvalue weighted by Gasteiger charge is 2.32. The van der Waals surface area contributed by atoms with Crippen molar-refractivity contribution in [3.63, 3.8) is 0 Å². The molecular weight excluding hydrogens is 562 g/mol. The van der Waals surface area contributed by atoms with Crippen molar-refractivity contribution in [3.8, 4) is 5.88 Å². The zero-order valence-corrected chi connectivity index (χ0v) is 23.6. The first-order valence-corrected chi connectivity index (χ1v) is 13.8. The molecule has 4 N–H and O–H groups in total. The number of nitrogens with two attached hydrogens (primary N) is 1. The standard InChI is InChI=1S/C32H33F4N5O2/c1-39-28(42)10-6-16-41-15-5-9-24(20-41)43-29-14-12-23(19-40-29)30(22-11-13-27(37)25(17-22)31(33)38)26(18-32(34,35)36)21-7-3-2-4-8-21/h2-4,6-8,10-14,17,19,24,38H,5,9,15-16,18,20,37H2,1H3,(H,39,42)/b10-6+,30-26-,38-31?. The number of rotatable bonds is 10. The van der Waals surface area contributed by atoms with Gasteiger partial charge >= 0.3 is 6.18 Å². The van der Waals surface area contributed by atoms with E-state index in [1.807, 2.05) is 0 Å². The smallest absolute Gasteiger partial charge is 0.393 e. The quantitative estimate of drug-likeness (QED) is 0.0875. The largest absolute Gasteiger partial charge is 0.473 e. The summed E-state index contributed by atoms with van der Waals surface area (Å²) < 4.78 is 61.9. The average Bonchev–Trinajstić information content (AvgIpc) is 2.98. The minimum absolute atomic E-state index is 0.000187. The van der Waals surface area contributed by atoms with Crippen molar-refractivity contribution in [3.05, 3.63) is 101 Å². The van der Waals surface area contributed by atoms with Gasteiger partial charge in [-0.15, -0.1) is 0 Å². The second-order valence-corrected chi connectivity index (χ2v) is 10.2. The molecule has 0 bridgehead atoms. The van der Waals surface area contributed by atoms with Crippen LogP contribution in [0.25, 0.3) is 11.1 Å². The number of carbonyl (C=O) groups excluding carboxylic acids is 1. The molecule has 43 heavy (non-hydrogen) atoms. The van der Waals surface area contributed by atoms with Gasteiger partial charge in [0.2, 0.25) is 17.8 Å². The summed E-state index contributed by atoms with van der Waals surface area (Å²) in [5, 5.41) is 10.0. The Morgan fingerprint density at radius 3 is 2.53 bits per heavy atom. The highest BCUT2D eigenvalue weighted by molar-refractivity contribution is 6.02. The number of alkyl halides is 3. The molecule has 2 aromatic carbocycles. The van der Waals surface area contributed by atoms with Crippen LogP contribution >= 0.6 is 0 Å². The van der Waals surface area contributed by atoms with Crippen LogP contribution in [0.5, 0.6) is 5.88 Å². The number of anilines is 1. The van der Waals surface area contributed by atoms with E-state index in [1.165, 1.54) is 30.5 Å². The zero-order valence-electron chi connectivity index (χ0n) is 23.6. The van der Waals surface area contributed by atoms with Crippen LogP contribution in [0.3, 0.4) is 0 Å². The first-order valence-electron chi connectivity index (χ1n) is 13.8. The molecule has 1 amide bonds. The number of carbonyl (C=O) groups is 1. The number of benzene rings is 2. The predicted molar refractivity (Wildman–Crippen MR) is 159 cm³/mol. The molecule has 1 aliphatic rings. The summed E-state index contributed by atoms with van der Waals surface area (Å²) in [6.45, 7) is 2.08. The van der Waals surface area contributed by atoms with E-state index in [0.717, 1.165) is 19.4 Å². The number of hydrogen-bond donors (Lipinski definition) is 3. The molecule has 1 atom stereocenters. The Kier molecular flexibility index (Phi) is 10.3. The fourth-order valence-corrected chi connectivity index (χ4v) is 5.03. The molecule has 0 aliphatic carbocycles. The maximum absolute atomic E-state index is 14.0. The van der Waals surface area contributed by atoms with Gasteiger partial charge in [0.1, 0.15) is 6.10 Å². The van der Waals surface area contributed by atoms with Crippen LogP contribution in [0.15, 0.2) is 79.0 Å². The second-order valence-electron chi connectivity index (χ2n) is 10.2. The molecule has 0 spiro atoms. The molecule has 226 valence electrons. The number of aromatic nitrogens is 1. The Morgan fingerprint density at radius 2 is 1.88 bits per heavy atom. The summed E-state index contributed by atoms with van der Waals surface area (Å²) in [6, 6.07) is 15.6. The van der Waals surface area contributed by atoms with Crippen LogP contribution in [-0.2, 0) is 4.79 Å². The molecule has 0 radical (unpaired) electrons. The molecule has 7 nitrogen and oxygen atoms in total. The Bertz CT molecular complexity index is 1490. The number of allylic oxidation sites excluding steroid dienone is 1. The summed E-state index contributed by atoms with van der Waals surface area (Å²) in [5.74, 6) is -1.15. The number of amides is 1. The fraction of sp³-hybridized carbons (Fsp3) is 0.281. The second kappa shape index (κ2) is 14.1. The summed E-state index contributed by atoms with van der Waals surface area (Å²) in [5.41, 5.74) is 6.77. The van der Waals surface area contributed by atoms with Gasteiger partial charge in [-0.1, -0.05) is 42.5 Å². The van der Waals surface area contributed by atoms with Gasteiger partial charge in [-0.3, -0.25) is 15.1 Å². The highest BCUT2D eigenvalue weighted by Crippen LogP contribution is 2.40. The lowest BCUT2D eigenvalue weighted by molar-refractivity contribution is -0.123. The number of nitrogens with one attached hydrogen (secondary N) is 2. The Labute approximate surface area is 247 Å². The molecule has 1 fully saturated rings. The number of nitrogen functional groups attached to an aromatic ring is 1. The van der Waals surface area contributed by atoms with Gasteiger partial charge in [0.05, 0.1) is 12.0 Å². The molecule has 11 heteroatoms. The third-order valence-electron chi connectivity index (χ3n) is 7.03. The maximum atomic E-state index is 14.0. The number of likely N-dealkylation sites (N-methyl/N-ethyl adjacent to an activating group) is 1. The zero-order chi connectivity index (χ0) is 31.0. The van der Waals surface area contributed by atoms with Crippen LogP contribution in [-0.4, -0.2) is 60.7 Å². The fourth-order valence-electron chi connectivity index (χ4n) is 5.03. The molecule has 1 unspecified atom stereocenters. The van der Waals surface area contributed by atoms with Crippen molar-refractivity contribution in [2.75, 3.05) is 32.4 Å². The SMILES string of the molecule is CNC(=O)/C=C/CN1CCCC(Oc2ccc(/C(=C(/CC(F)(F)F)c3ccccc3)c3ccc(N)c(C(=N)F)c3)cn2)C1. The highest BCUT2D eigenvalue weighted by atomic mass is 19.4. The number of piperidine rings is 1. The van der Waals surface area contributed by atoms with Crippen molar-refractivity contribution >= 4 is 28.7 Å². The monoisotopic (exact) mass is 595 g/mol.